The highest BCUT2D eigenvalue weighted by atomic mass is 16.3. The summed E-state index contributed by atoms with van der Waals surface area (Å²) in [5.74, 6) is 1.92. The highest BCUT2D eigenvalue weighted by Crippen LogP contribution is 2.23. The molecule has 0 atom stereocenters. The van der Waals surface area contributed by atoms with E-state index in [-0.39, 0.29) is 0 Å². The summed E-state index contributed by atoms with van der Waals surface area (Å²) in [6.07, 6.45) is 0. The van der Waals surface area contributed by atoms with Crippen LogP contribution in [0.15, 0.2) is 34.7 Å². The fourth-order valence-corrected chi connectivity index (χ4v) is 1.31. The number of hydrogen-bond donors (Lipinski definition) is 0. The second-order valence-corrected chi connectivity index (χ2v) is 3.09. The Kier molecular flexibility index (Phi) is 1.58. The number of aryl methyl sites for hydroxylation is 2. The van der Waals surface area contributed by atoms with E-state index in [0.29, 0.717) is 0 Å². The first-order valence-corrected chi connectivity index (χ1v) is 4.06. The van der Waals surface area contributed by atoms with E-state index < -0.39 is 0 Å². The third-order valence-corrected chi connectivity index (χ3v) is 1.93. The molecule has 0 N–H and O–H groups in total. The van der Waals surface area contributed by atoms with Gasteiger partial charge in [-0.2, -0.15) is 17.7 Å². The third kappa shape index (κ3) is 1.18. The first-order chi connectivity index (χ1) is 5.75. The molecule has 0 amide bonds. The molecule has 0 unspecified atom stereocenters. The van der Waals surface area contributed by atoms with Crippen LogP contribution in [0, 0.1) is 13.8 Å². The van der Waals surface area contributed by atoms with Gasteiger partial charge >= 0.3 is 0 Å². The van der Waals surface area contributed by atoms with E-state index in [1.165, 1.54) is 11.1 Å². The van der Waals surface area contributed by atoms with Gasteiger partial charge in [0.15, 0.2) is 0 Å². The Hall–Kier alpha value is -1.37. The number of hydrogen-bond acceptors (Lipinski definition) is 1. The molecule has 1 heterocycles. The van der Waals surface area contributed by atoms with Gasteiger partial charge < -0.3 is 4.42 Å². The molecular weight excluding hydrogens is 148 g/mol. The fraction of sp³-hybridized carbons (Fsp3) is 0.182. The Morgan fingerprint density at radius 2 is 2.08 bits per heavy atom. The minimum absolute atomic E-state index is 0.959. The molecule has 1 nitrogen and oxygen atoms in total. The molecule has 1 aromatic carbocycles. The molecule has 0 aliphatic carbocycles. The molecule has 1 aromatic heterocycles. The fourth-order valence-electron chi connectivity index (χ4n) is 1.31. The lowest BCUT2D eigenvalue weighted by Crippen LogP contribution is -1.64. The lowest BCUT2D eigenvalue weighted by atomic mass is 10.2. The normalized spacial score (nSPS) is 10.5. The highest BCUT2D eigenvalue weighted by molar-refractivity contribution is 5.59. The van der Waals surface area contributed by atoms with Crippen molar-refractivity contribution in [2.75, 3.05) is 0 Å². The molecule has 12 heavy (non-hydrogen) atoms. The maximum atomic E-state index is 5.48. The van der Waals surface area contributed by atoms with Crippen LogP contribution in [-0.4, -0.2) is 0 Å². The van der Waals surface area contributed by atoms with E-state index in [4.69, 9.17) is 4.42 Å². The molecule has 62 valence electrons. The Balaban J connectivity index is 2.43. The summed E-state index contributed by atoms with van der Waals surface area (Å²) >= 11 is 0. The van der Waals surface area contributed by atoms with E-state index in [9.17, 15) is 0 Å². The van der Waals surface area contributed by atoms with Crippen LogP contribution in [0.3, 0.4) is 0 Å². The molecule has 1 heteroatoms. The van der Waals surface area contributed by atoms with Gasteiger partial charge in [-0.05, 0) is 19.1 Å². The van der Waals surface area contributed by atoms with E-state index in [0.717, 1.165) is 11.5 Å². The molecule has 0 spiro atoms. The molecule has 0 saturated carbocycles. The van der Waals surface area contributed by atoms with E-state index in [1.807, 2.05) is 19.1 Å². The van der Waals surface area contributed by atoms with Gasteiger partial charge in [0.05, 0.1) is 11.5 Å². The van der Waals surface area contributed by atoms with Crippen molar-refractivity contribution >= 4 is 0 Å². The quantitative estimate of drug-likeness (QED) is 0.582. The van der Waals surface area contributed by atoms with Crippen LogP contribution in [0.1, 0.15) is 11.3 Å². The summed E-state index contributed by atoms with van der Waals surface area (Å²) in [7, 11) is 0. The van der Waals surface area contributed by atoms with Crippen molar-refractivity contribution in [3.8, 4) is 11.3 Å². The maximum Gasteiger partial charge on any atom is 0.0994 e. The molecule has 0 radical (unpaired) electrons. The molecule has 0 aliphatic rings. The Morgan fingerprint density at radius 1 is 1.25 bits per heavy atom. The summed E-state index contributed by atoms with van der Waals surface area (Å²) in [6, 6.07) is 10.3. The SMILES string of the molecule is Cc1ccc(-c2cc[c-](C)c2)o1. The lowest BCUT2D eigenvalue weighted by Gasteiger charge is -1.97. The highest BCUT2D eigenvalue weighted by Gasteiger charge is 1.94. The Bertz CT molecular complexity index is 341. The first-order valence-electron chi connectivity index (χ1n) is 4.06. The van der Waals surface area contributed by atoms with Crippen molar-refractivity contribution in [3.05, 3.63) is 41.7 Å². The zero-order valence-electron chi connectivity index (χ0n) is 7.29. The van der Waals surface area contributed by atoms with Crippen molar-refractivity contribution in [1.82, 2.24) is 0 Å². The van der Waals surface area contributed by atoms with Gasteiger partial charge in [-0.15, -0.1) is 5.56 Å². The Labute approximate surface area is 72.0 Å². The first kappa shape index (κ1) is 7.29. The second kappa shape index (κ2) is 2.59. The second-order valence-electron chi connectivity index (χ2n) is 3.09. The summed E-state index contributed by atoms with van der Waals surface area (Å²) in [4.78, 5) is 0. The van der Waals surface area contributed by atoms with Gasteiger partial charge in [0.1, 0.15) is 0 Å². The Morgan fingerprint density at radius 3 is 2.58 bits per heavy atom. The van der Waals surface area contributed by atoms with Crippen LogP contribution >= 0.6 is 0 Å². The van der Waals surface area contributed by atoms with Gasteiger partial charge in [-0.25, -0.2) is 6.07 Å². The zero-order chi connectivity index (χ0) is 8.55. The van der Waals surface area contributed by atoms with Crippen molar-refractivity contribution in [2.45, 2.75) is 13.8 Å². The van der Waals surface area contributed by atoms with Gasteiger partial charge in [0.2, 0.25) is 0 Å². The molecule has 2 rings (SSSR count). The largest absolute Gasteiger partial charge is 0.475 e. The van der Waals surface area contributed by atoms with Gasteiger partial charge in [0, 0.05) is 0 Å². The van der Waals surface area contributed by atoms with E-state index in [1.54, 1.807) is 0 Å². The van der Waals surface area contributed by atoms with Gasteiger partial charge in [-0.1, -0.05) is 6.92 Å². The zero-order valence-corrected chi connectivity index (χ0v) is 7.29. The predicted octanol–water partition coefficient (Wildman–Crippen LogP) is 3.28. The summed E-state index contributed by atoms with van der Waals surface area (Å²) in [5, 5.41) is 0. The van der Waals surface area contributed by atoms with Crippen LogP contribution in [0.25, 0.3) is 11.3 Å². The predicted molar refractivity (Wildman–Crippen MR) is 49.2 cm³/mol. The smallest absolute Gasteiger partial charge is 0.0994 e. The van der Waals surface area contributed by atoms with Gasteiger partial charge in [0.25, 0.3) is 0 Å². The minimum atomic E-state index is 0.959. The van der Waals surface area contributed by atoms with Crippen LogP contribution < -0.4 is 0 Å². The summed E-state index contributed by atoms with van der Waals surface area (Å²) < 4.78 is 5.48. The molecule has 0 saturated heterocycles. The van der Waals surface area contributed by atoms with Crippen molar-refractivity contribution < 1.29 is 4.42 Å². The van der Waals surface area contributed by atoms with Crippen LogP contribution in [0.2, 0.25) is 0 Å². The molecule has 0 aliphatic heterocycles. The van der Waals surface area contributed by atoms with Gasteiger partial charge in [-0.3, -0.25) is 0 Å². The lowest BCUT2D eigenvalue weighted by molar-refractivity contribution is 0.548. The van der Waals surface area contributed by atoms with Crippen LogP contribution in [0.4, 0.5) is 0 Å². The van der Waals surface area contributed by atoms with Crippen LogP contribution in [0.5, 0.6) is 0 Å². The van der Waals surface area contributed by atoms with Crippen molar-refractivity contribution in [3.63, 3.8) is 0 Å². The number of rotatable bonds is 1. The third-order valence-electron chi connectivity index (χ3n) is 1.93. The monoisotopic (exact) mass is 159 g/mol. The van der Waals surface area contributed by atoms with Crippen LogP contribution in [-0.2, 0) is 0 Å². The standard InChI is InChI=1S/C11H11O/c1-8-3-5-10(7-8)11-6-4-9(2)12-11/h3-7H,1-2H3/q-1. The minimum Gasteiger partial charge on any atom is -0.475 e. The molecule has 0 bridgehead atoms. The average molecular weight is 159 g/mol. The molecule has 0 fully saturated rings. The average Bonchev–Trinajstić information content (AvgIpc) is 2.58. The molecular formula is C11H11O-. The topological polar surface area (TPSA) is 13.1 Å². The molecule has 2 aromatic rings. The van der Waals surface area contributed by atoms with Crippen molar-refractivity contribution in [2.24, 2.45) is 0 Å². The summed E-state index contributed by atoms with van der Waals surface area (Å²) in [5.41, 5.74) is 2.44. The maximum absolute atomic E-state index is 5.48. The van der Waals surface area contributed by atoms with E-state index >= 15 is 0 Å². The van der Waals surface area contributed by atoms with E-state index in [2.05, 4.69) is 25.1 Å². The van der Waals surface area contributed by atoms with Crippen molar-refractivity contribution in [1.29, 1.82) is 0 Å². The number of furan rings is 1. The summed E-state index contributed by atoms with van der Waals surface area (Å²) in [6.45, 7) is 4.04.